The van der Waals surface area contributed by atoms with Crippen molar-refractivity contribution in [1.29, 1.82) is 5.26 Å². The Morgan fingerprint density at radius 2 is 1.76 bits per heavy atom. The quantitative estimate of drug-likeness (QED) is 0.518. The molecule has 2 aromatic rings. The highest BCUT2D eigenvalue weighted by molar-refractivity contribution is 6.10. The van der Waals surface area contributed by atoms with E-state index in [2.05, 4.69) is 5.32 Å². The van der Waals surface area contributed by atoms with Gasteiger partial charge in [0.1, 0.15) is 11.6 Å². The maximum Gasteiger partial charge on any atom is 0.418 e. The first-order chi connectivity index (χ1) is 13.8. The molecule has 1 N–H and O–H groups in total. The number of rotatable bonds is 7. The van der Waals surface area contributed by atoms with Crippen molar-refractivity contribution in [1.82, 2.24) is 0 Å². The van der Waals surface area contributed by atoms with Crippen LogP contribution in [0, 0.1) is 11.3 Å². The highest BCUT2D eigenvalue weighted by atomic mass is 19.4. The van der Waals surface area contributed by atoms with Crippen molar-refractivity contribution in [3.05, 3.63) is 59.2 Å². The molecule has 0 aliphatic carbocycles. The molecular weight excluding hydrogens is 385 g/mol. The molecule has 0 bridgehead atoms. The maximum absolute atomic E-state index is 13.1. The lowest BCUT2D eigenvalue weighted by molar-refractivity contribution is -0.137. The summed E-state index contributed by atoms with van der Waals surface area (Å²) in [6, 6.07) is 11.1. The Morgan fingerprint density at radius 3 is 2.38 bits per heavy atom. The molecule has 29 heavy (non-hydrogen) atoms. The summed E-state index contributed by atoms with van der Waals surface area (Å²) in [5, 5.41) is 11.5. The SMILES string of the molecule is CCOc1ccc(/C=C(\C#N)C(=O)Nc2ccccc2C(F)(F)F)cc1OCC. The van der Waals surface area contributed by atoms with E-state index in [4.69, 9.17) is 9.47 Å². The molecule has 0 saturated carbocycles. The van der Waals surface area contributed by atoms with E-state index in [0.717, 1.165) is 12.1 Å². The van der Waals surface area contributed by atoms with Crippen LogP contribution in [-0.2, 0) is 11.0 Å². The second-order valence-corrected chi connectivity index (χ2v) is 5.74. The van der Waals surface area contributed by atoms with Crippen LogP contribution in [0.15, 0.2) is 48.0 Å². The average molecular weight is 404 g/mol. The molecule has 8 heteroatoms. The minimum Gasteiger partial charge on any atom is -0.490 e. The monoisotopic (exact) mass is 404 g/mol. The molecule has 0 heterocycles. The van der Waals surface area contributed by atoms with Crippen LogP contribution in [0.2, 0.25) is 0 Å². The molecule has 0 aliphatic heterocycles. The number of nitrogens with one attached hydrogen (secondary N) is 1. The lowest BCUT2D eigenvalue weighted by Crippen LogP contribution is -2.17. The van der Waals surface area contributed by atoms with E-state index in [9.17, 15) is 23.2 Å². The van der Waals surface area contributed by atoms with Crippen LogP contribution in [0.3, 0.4) is 0 Å². The molecule has 152 valence electrons. The van der Waals surface area contributed by atoms with E-state index in [1.54, 1.807) is 31.2 Å². The van der Waals surface area contributed by atoms with Gasteiger partial charge < -0.3 is 14.8 Å². The van der Waals surface area contributed by atoms with Crippen molar-refractivity contribution in [3.63, 3.8) is 0 Å². The molecule has 0 unspecified atom stereocenters. The van der Waals surface area contributed by atoms with Crippen molar-refractivity contribution in [2.45, 2.75) is 20.0 Å². The fraction of sp³-hybridized carbons (Fsp3) is 0.238. The number of benzene rings is 2. The Hall–Kier alpha value is -3.47. The standard InChI is InChI=1S/C21H19F3N2O3/c1-3-28-18-10-9-14(12-19(18)29-4-2)11-15(13-25)20(27)26-17-8-6-5-7-16(17)21(22,23)24/h5-12H,3-4H2,1-2H3,(H,26,27)/b15-11+. The summed E-state index contributed by atoms with van der Waals surface area (Å²) in [5.74, 6) is -0.00665. The van der Waals surface area contributed by atoms with Crippen molar-refractivity contribution >= 4 is 17.7 Å². The second kappa shape index (κ2) is 9.64. The Kier molecular flexibility index (Phi) is 7.26. The summed E-state index contributed by atoms with van der Waals surface area (Å²) in [6.07, 6.45) is -3.37. The highest BCUT2D eigenvalue weighted by Crippen LogP contribution is 2.35. The van der Waals surface area contributed by atoms with Crippen LogP contribution < -0.4 is 14.8 Å². The predicted octanol–water partition coefficient (Wildman–Crippen LogP) is 5.05. The first-order valence-corrected chi connectivity index (χ1v) is 8.79. The zero-order valence-corrected chi connectivity index (χ0v) is 15.8. The third kappa shape index (κ3) is 5.75. The number of anilines is 1. The fourth-order valence-corrected chi connectivity index (χ4v) is 2.50. The molecule has 5 nitrogen and oxygen atoms in total. The zero-order chi connectivity index (χ0) is 21.4. The van der Waals surface area contributed by atoms with Gasteiger partial charge in [0.2, 0.25) is 0 Å². The van der Waals surface area contributed by atoms with Crippen LogP contribution in [0.5, 0.6) is 11.5 Å². The Bertz CT molecular complexity index is 947. The highest BCUT2D eigenvalue weighted by Gasteiger charge is 2.33. The fourth-order valence-electron chi connectivity index (χ4n) is 2.50. The van der Waals surface area contributed by atoms with E-state index >= 15 is 0 Å². The van der Waals surface area contributed by atoms with E-state index in [1.807, 2.05) is 6.92 Å². The lowest BCUT2D eigenvalue weighted by atomic mass is 10.1. The molecule has 2 rings (SSSR count). The smallest absolute Gasteiger partial charge is 0.418 e. The van der Waals surface area contributed by atoms with Gasteiger partial charge in [0.05, 0.1) is 24.5 Å². The average Bonchev–Trinajstić information content (AvgIpc) is 2.67. The number of ether oxygens (including phenoxy) is 2. The van der Waals surface area contributed by atoms with Gasteiger partial charge in [0.25, 0.3) is 5.91 Å². The second-order valence-electron chi connectivity index (χ2n) is 5.74. The van der Waals surface area contributed by atoms with Crippen LogP contribution in [-0.4, -0.2) is 19.1 Å². The van der Waals surface area contributed by atoms with Crippen molar-refractivity contribution < 1.29 is 27.4 Å². The van der Waals surface area contributed by atoms with Gasteiger partial charge in [-0.2, -0.15) is 18.4 Å². The summed E-state index contributed by atoms with van der Waals surface area (Å²) in [6.45, 7) is 4.43. The topological polar surface area (TPSA) is 71.3 Å². The summed E-state index contributed by atoms with van der Waals surface area (Å²) in [7, 11) is 0. The number of amides is 1. The number of carbonyl (C=O) groups excluding carboxylic acids is 1. The van der Waals surface area contributed by atoms with Gasteiger partial charge in [-0.25, -0.2) is 0 Å². The molecule has 0 atom stereocenters. The Labute approximate surface area is 166 Å². The Balaban J connectivity index is 2.32. The third-order valence-corrected chi connectivity index (χ3v) is 3.72. The normalized spacial score (nSPS) is 11.5. The van der Waals surface area contributed by atoms with E-state index in [0.29, 0.717) is 30.3 Å². The number of hydrogen-bond donors (Lipinski definition) is 1. The first-order valence-electron chi connectivity index (χ1n) is 8.79. The molecule has 0 saturated heterocycles. The van der Waals surface area contributed by atoms with Crippen LogP contribution in [0.25, 0.3) is 6.08 Å². The van der Waals surface area contributed by atoms with Gasteiger partial charge in [-0.15, -0.1) is 0 Å². The molecule has 1 amide bonds. The van der Waals surface area contributed by atoms with Crippen molar-refractivity contribution in [2.24, 2.45) is 0 Å². The number of para-hydroxylation sites is 1. The van der Waals surface area contributed by atoms with Crippen LogP contribution in [0.1, 0.15) is 25.0 Å². The van der Waals surface area contributed by atoms with Crippen LogP contribution in [0.4, 0.5) is 18.9 Å². The number of alkyl halides is 3. The molecule has 0 aromatic heterocycles. The van der Waals surface area contributed by atoms with Gasteiger partial charge in [0.15, 0.2) is 11.5 Å². The molecule has 0 radical (unpaired) electrons. The van der Waals surface area contributed by atoms with Gasteiger partial charge in [0, 0.05) is 0 Å². The lowest BCUT2D eigenvalue weighted by Gasteiger charge is -2.13. The first kappa shape index (κ1) is 21.8. The van der Waals surface area contributed by atoms with Crippen molar-refractivity contribution in [2.75, 3.05) is 18.5 Å². The van der Waals surface area contributed by atoms with E-state index in [-0.39, 0.29) is 5.57 Å². The van der Waals surface area contributed by atoms with Crippen molar-refractivity contribution in [3.8, 4) is 17.6 Å². The zero-order valence-electron chi connectivity index (χ0n) is 15.8. The number of halogens is 3. The summed E-state index contributed by atoms with van der Waals surface area (Å²) >= 11 is 0. The minimum atomic E-state index is -4.64. The maximum atomic E-state index is 13.1. The number of nitriles is 1. The van der Waals surface area contributed by atoms with Gasteiger partial charge in [-0.3, -0.25) is 4.79 Å². The van der Waals surface area contributed by atoms with Gasteiger partial charge in [-0.05, 0) is 49.8 Å². The Morgan fingerprint density at radius 1 is 1.10 bits per heavy atom. The summed E-state index contributed by atoms with van der Waals surface area (Å²) in [5.41, 5.74) is -1.31. The van der Waals surface area contributed by atoms with E-state index in [1.165, 1.54) is 18.2 Å². The number of nitrogens with zero attached hydrogens (tertiary/aromatic N) is 1. The number of hydrogen-bond acceptors (Lipinski definition) is 4. The predicted molar refractivity (Wildman–Crippen MR) is 102 cm³/mol. The van der Waals surface area contributed by atoms with Gasteiger partial charge >= 0.3 is 6.18 Å². The molecule has 2 aromatic carbocycles. The molecule has 0 aliphatic rings. The van der Waals surface area contributed by atoms with E-state index < -0.39 is 23.3 Å². The largest absolute Gasteiger partial charge is 0.490 e. The number of carbonyl (C=O) groups is 1. The third-order valence-electron chi connectivity index (χ3n) is 3.72. The molecule has 0 spiro atoms. The summed E-state index contributed by atoms with van der Waals surface area (Å²) in [4.78, 5) is 12.4. The molecule has 0 fully saturated rings. The minimum absolute atomic E-state index is 0.353. The molecular formula is C21H19F3N2O3. The van der Waals surface area contributed by atoms with Crippen LogP contribution >= 0.6 is 0 Å². The van der Waals surface area contributed by atoms with Gasteiger partial charge in [-0.1, -0.05) is 18.2 Å². The summed E-state index contributed by atoms with van der Waals surface area (Å²) < 4.78 is 50.2.